The molecule has 3 atom stereocenters. The molecule has 1 saturated heterocycles. The van der Waals surface area contributed by atoms with E-state index in [-0.39, 0.29) is 22.0 Å². The van der Waals surface area contributed by atoms with Gasteiger partial charge >= 0.3 is 0 Å². The first-order valence-electron chi connectivity index (χ1n) is 9.83. The maximum atomic E-state index is 6.23. The lowest BCUT2D eigenvalue weighted by Gasteiger charge is -2.64. The maximum absolute atomic E-state index is 6.23. The second-order valence-electron chi connectivity index (χ2n) is 9.15. The van der Waals surface area contributed by atoms with Crippen LogP contribution in [0.4, 0.5) is 0 Å². The highest BCUT2D eigenvalue weighted by Crippen LogP contribution is 2.68. The van der Waals surface area contributed by atoms with Crippen molar-refractivity contribution in [3.05, 3.63) is 11.6 Å². The minimum absolute atomic E-state index is 0.0423. The molecule has 0 radical (unpaired) electrons. The van der Waals surface area contributed by atoms with Crippen molar-refractivity contribution < 1.29 is 9.47 Å². The highest BCUT2D eigenvalue weighted by molar-refractivity contribution is 5.38. The van der Waals surface area contributed by atoms with Crippen LogP contribution in [0.25, 0.3) is 0 Å². The maximum Gasteiger partial charge on any atom is 0.173 e. The van der Waals surface area contributed by atoms with E-state index < -0.39 is 0 Å². The zero-order chi connectivity index (χ0) is 17.1. The normalized spacial score (nSPS) is 42.5. The minimum atomic E-state index is -0.358. The lowest BCUT2D eigenvalue weighted by atomic mass is 9.43. The van der Waals surface area contributed by atoms with Crippen LogP contribution in [0, 0.1) is 34.0 Å². The van der Waals surface area contributed by atoms with E-state index in [0.29, 0.717) is 5.92 Å². The SMILES string of the molecule is CC#C[C@]12CCCC=C1[C@@]1(C)CCC3(OCCO3)C(C)(C)[C@@H]1CC2. The van der Waals surface area contributed by atoms with Crippen molar-refractivity contribution in [2.24, 2.45) is 22.2 Å². The summed E-state index contributed by atoms with van der Waals surface area (Å²) in [6, 6.07) is 0. The van der Waals surface area contributed by atoms with Crippen molar-refractivity contribution in [1.29, 1.82) is 0 Å². The molecule has 0 bridgehead atoms. The molecule has 2 heteroatoms. The molecule has 2 nitrogen and oxygen atoms in total. The summed E-state index contributed by atoms with van der Waals surface area (Å²) in [5, 5.41) is 0. The monoisotopic (exact) mass is 328 g/mol. The molecule has 2 saturated carbocycles. The van der Waals surface area contributed by atoms with Crippen molar-refractivity contribution in [2.45, 2.75) is 78.4 Å². The first kappa shape index (κ1) is 16.7. The Morgan fingerprint density at radius 3 is 2.50 bits per heavy atom. The second kappa shape index (κ2) is 5.36. The summed E-state index contributed by atoms with van der Waals surface area (Å²) >= 11 is 0. The van der Waals surface area contributed by atoms with Crippen LogP contribution in [0.1, 0.15) is 72.6 Å². The summed E-state index contributed by atoms with van der Waals surface area (Å²) in [6.45, 7) is 10.8. The number of hydrogen-bond donors (Lipinski definition) is 0. The highest BCUT2D eigenvalue weighted by atomic mass is 16.7. The van der Waals surface area contributed by atoms with E-state index in [2.05, 4.69) is 38.7 Å². The zero-order valence-electron chi connectivity index (χ0n) is 15.8. The van der Waals surface area contributed by atoms with Crippen molar-refractivity contribution in [2.75, 3.05) is 13.2 Å². The average molecular weight is 328 g/mol. The fourth-order valence-corrected chi connectivity index (χ4v) is 6.80. The van der Waals surface area contributed by atoms with Crippen LogP contribution < -0.4 is 0 Å². The van der Waals surface area contributed by atoms with Crippen LogP contribution in [-0.4, -0.2) is 19.0 Å². The van der Waals surface area contributed by atoms with Crippen LogP contribution in [0.3, 0.4) is 0 Å². The third-order valence-corrected chi connectivity index (χ3v) is 7.86. The molecule has 0 aromatic heterocycles. The van der Waals surface area contributed by atoms with Gasteiger partial charge in [0.2, 0.25) is 0 Å². The number of fused-ring (bicyclic) bond motifs is 3. The van der Waals surface area contributed by atoms with Gasteiger partial charge in [-0.3, -0.25) is 0 Å². The number of ether oxygens (including phenoxy) is 2. The molecule has 4 aliphatic rings. The molecule has 1 aliphatic heterocycles. The van der Waals surface area contributed by atoms with Gasteiger partial charge in [-0.25, -0.2) is 0 Å². The molecule has 0 unspecified atom stereocenters. The lowest BCUT2D eigenvalue weighted by molar-refractivity contribution is -0.284. The summed E-state index contributed by atoms with van der Waals surface area (Å²) in [5.41, 5.74) is 2.09. The lowest BCUT2D eigenvalue weighted by Crippen LogP contribution is -2.61. The number of rotatable bonds is 0. The Bertz CT molecular complexity index is 614. The van der Waals surface area contributed by atoms with Gasteiger partial charge in [0, 0.05) is 11.8 Å². The van der Waals surface area contributed by atoms with Gasteiger partial charge < -0.3 is 9.47 Å². The quantitative estimate of drug-likeness (QED) is 0.456. The molecule has 0 amide bonds. The Hall–Kier alpha value is -0.780. The summed E-state index contributed by atoms with van der Waals surface area (Å²) in [4.78, 5) is 0. The van der Waals surface area contributed by atoms with Gasteiger partial charge in [-0.1, -0.05) is 32.8 Å². The molecule has 0 aromatic rings. The van der Waals surface area contributed by atoms with E-state index in [1.165, 1.54) is 38.5 Å². The van der Waals surface area contributed by atoms with Gasteiger partial charge in [-0.05, 0) is 62.4 Å². The average Bonchev–Trinajstić information content (AvgIpc) is 3.03. The predicted molar refractivity (Wildman–Crippen MR) is 96.3 cm³/mol. The fraction of sp³-hybridized carbons (Fsp3) is 0.818. The predicted octanol–water partition coefficient (Wildman–Crippen LogP) is 5.09. The molecule has 1 heterocycles. The first-order valence-corrected chi connectivity index (χ1v) is 9.83. The van der Waals surface area contributed by atoms with E-state index in [9.17, 15) is 0 Å². The van der Waals surface area contributed by atoms with Crippen LogP contribution >= 0.6 is 0 Å². The van der Waals surface area contributed by atoms with Gasteiger partial charge in [0.25, 0.3) is 0 Å². The highest BCUT2D eigenvalue weighted by Gasteiger charge is 2.65. The number of hydrogen-bond acceptors (Lipinski definition) is 2. The van der Waals surface area contributed by atoms with Crippen LogP contribution in [-0.2, 0) is 9.47 Å². The van der Waals surface area contributed by atoms with Gasteiger partial charge in [0.1, 0.15) is 0 Å². The molecule has 132 valence electrons. The van der Waals surface area contributed by atoms with E-state index in [0.717, 1.165) is 19.6 Å². The molecule has 24 heavy (non-hydrogen) atoms. The van der Waals surface area contributed by atoms with Crippen LogP contribution in [0.5, 0.6) is 0 Å². The van der Waals surface area contributed by atoms with Crippen molar-refractivity contribution >= 4 is 0 Å². The van der Waals surface area contributed by atoms with Crippen molar-refractivity contribution in [1.82, 2.24) is 0 Å². The minimum Gasteiger partial charge on any atom is -0.347 e. The van der Waals surface area contributed by atoms with Crippen molar-refractivity contribution in [3.63, 3.8) is 0 Å². The molecule has 3 aliphatic carbocycles. The van der Waals surface area contributed by atoms with E-state index in [1.54, 1.807) is 5.57 Å². The molecule has 0 aromatic carbocycles. The summed E-state index contributed by atoms with van der Waals surface area (Å²) < 4.78 is 12.5. The first-order chi connectivity index (χ1) is 11.4. The largest absolute Gasteiger partial charge is 0.347 e. The smallest absolute Gasteiger partial charge is 0.173 e. The molecular formula is C22H32O2. The Kier molecular flexibility index (Phi) is 3.72. The van der Waals surface area contributed by atoms with E-state index in [4.69, 9.17) is 9.47 Å². The van der Waals surface area contributed by atoms with Crippen molar-refractivity contribution in [3.8, 4) is 11.8 Å². The van der Waals surface area contributed by atoms with Crippen LogP contribution in [0.15, 0.2) is 11.6 Å². The molecular weight excluding hydrogens is 296 g/mol. The standard InChI is InChI=1S/C22H32O2/c1-5-10-21-11-7-6-8-18(21)20(4)13-14-22(23-15-16-24-22)19(2,3)17(20)9-12-21/h8,17H,6-7,9,11-16H2,1-4H3/t17-,20-,21+/m0/s1. The third kappa shape index (κ3) is 1.98. The van der Waals surface area contributed by atoms with Gasteiger partial charge in [0.15, 0.2) is 5.79 Å². The van der Waals surface area contributed by atoms with Crippen LogP contribution in [0.2, 0.25) is 0 Å². The fourth-order valence-electron chi connectivity index (χ4n) is 6.80. The summed E-state index contributed by atoms with van der Waals surface area (Å²) in [5.74, 6) is 7.18. The van der Waals surface area contributed by atoms with Gasteiger partial charge in [-0.2, -0.15) is 0 Å². The second-order valence-corrected chi connectivity index (χ2v) is 9.15. The zero-order valence-corrected chi connectivity index (χ0v) is 15.8. The molecule has 3 fully saturated rings. The van der Waals surface area contributed by atoms with E-state index in [1.807, 2.05) is 6.92 Å². The Morgan fingerprint density at radius 2 is 1.79 bits per heavy atom. The topological polar surface area (TPSA) is 18.5 Å². The Balaban J connectivity index is 1.78. The molecule has 4 rings (SSSR count). The van der Waals surface area contributed by atoms with Gasteiger partial charge in [-0.15, -0.1) is 5.92 Å². The summed E-state index contributed by atoms with van der Waals surface area (Å²) in [6.07, 6.45) is 11.0. The van der Waals surface area contributed by atoms with Gasteiger partial charge in [0.05, 0.1) is 18.6 Å². The third-order valence-electron chi connectivity index (χ3n) is 7.86. The molecule has 1 spiro atoms. The Morgan fingerprint density at radius 1 is 1.04 bits per heavy atom. The summed E-state index contributed by atoms with van der Waals surface area (Å²) in [7, 11) is 0. The number of allylic oxidation sites excluding steroid dienone is 2. The van der Waals surface area contributed by atoms with E-state index >= 15 is 0 Å². The molecule has 0 N–H and O–H groups in total. The Labute approximate surface area is 147 Å².